The molecule has 1 aliphatic rings. The van der Waals surface area contributed by atoms with E-state index in [-0.39, 0.29) is 0 Å². The smallest absolute Gasteiger partial charge is 0.135 e. The van der Waals surface area contributed by atoms with Gasteiger partial charge in [0.25, 0.3) is 0 Å². The summed E-state index contributed by atoms with van der Waals surface area (Å²) in [5.74, 6) is 0. The van der Waals surface area contributed by atoms with Gasteiger partial charge < -0.3 is 0 Å². The molecule has 0 unspecified atom stereocenters. The molecular weight excluding hydrogens is 294 g/mol. The Morgan fingerprint density at radius 1 is 0.875 bits per heavy atom. The van der Waals surface area contributed by atoms with Crippen LogP contribution in [-0.2, 0) is 0 Å². The summed E-state index contributed by atoms with van der Waals surface area (Å²) < 4.78 is 4.30. The van der Waals surface area contributed by atoms with E-state index in [1.165, 1.54) is 11.1 Å². The molecule has 4 rings (SSSR count). The molecule has 0 aliphatic carbocycles. The number of para-hydroxylation sites is 1. The summed E-state index contributed by atoms with van der Waals surface area (Å²) in [5.41, 5.74) is 5.62. The van der Waals surface area contributed by atoms with E-state index in [9.17, 15) is 0 Å². The summed E-state index contributed by atoms with van der Waals surface area (Å²) in [6.07, 6.45) is 2.18. The van der Waals surface area contributed by atoms with Crippen molar-refractivity contribution >= 4 is 23.3 Å². The third kappa shape index (κ3) is 2.88. The second-order valence-electron chi connectivity index (χ2n) is 5.98. The number of hydrogen-bond donors (Lipinski definition) is 0. The molecule has 0 atom stereocenters. The van der Waals surface area contributed by atoms with E-state index in [0.717, 1.165) is 17.1 Å². The second kappa shape index (κ2) is 6.20. The lowest BCUT2D eigenvalue weighted by Gasteiger charge is -2.09. The van der Waals surface area contributed by atoms with Crippen LogP contribution >= 0.6 is 0 Å². The number of benzene rings is 3. The number of nitrogens with zero attached hydrogens (tertiary/aromatic N) is 3. The third-order valence-corrected chi connectivity index (χ3v) is 4.11. The summed E-state index contributed by atoms with van der Waals surface area (Å²) >= 11 is 0. The van der Waals surface area contributed by atoms with Crippen molar-refractivity contribution in [1.82, 2.24) is 0 Å². The molecule has 0 amide bonds. The molecule has 0 fully saturated rings. The molecule has 0 aromatic heterocycles. The van der Waals surface area contributed by atoms with E-state index >= 15 is 0 Å². The first kappa shape index (κ1) is 14.5. The Morgan fingerprint density at radius 2 is 1.58 bits per heavy atom. The van der Waals surface area contributed by atoms with Crippen molar-refractivity contribution in [3.8, 4) is 0 Å². The normalized spacial score (nSPS) is 15.0. The summed E-state index contributed by atoms with van der Waals surface area (Å²) in [7, 11) is 0. The average Bonchev–Trinajstić information content (AvgIpc) is 2.63. The van der Waals surface area contributed by atoms with E-state index in [0.29, 0.717) is 6.67 Å². The molecule has 0 bridgehead atoms. The van der Waals surface area contributed by atoms with E-state index < -0.39 is 0 Å². The molecular formula is C21H19N3+2. The van der Waals surface area contributed by atoms with Gasteiger partial charge in [-0.3, -0.25) is 0 Å². The van der Waals surface area contributed by atoms with E-state index in [1.54, 1.807) is 0 Å². The summed E-state index contributed by atoms with van der Waals surface area (Å²) in [5, 5.41) is 4.84. The quantitative estimate of drug-likeness (QED) is 0.582. The van der Waals surface area contributed by atoms with Crippen molar-refractivity contribution in [3.63, 3.8) is 0 Å². The molecule has 3 nitrogen and oxygen atoms in total. The first-order valence-corrected chi connectivity index (χ1v) is 8.11. The van der Waals surface area contributed by atoms with Crippen molar-refractivity contribution in [2.75, 3.05) is 6.67 Å². The minimum atomic E-state index is 0.689. The number of hydrogen-bond acceptors (Lipinski definition) is 1. The fourth-order valence-electron chi connectivity index (χ4n) is 2.91. The van der Waals surface area contributed by atoms with Crippen molar-refractivity contribution in [2.45, 2.75) is 6.92 Å². The molecule has 0 N–H and O–H groups in total. The average molecular weight is 313 g/mol. The standard InChI is InChI=1S/C21H19N3/c1-17-12-13-21-20(14-17)22-24(19-10-6-3-7-11-19)16-23(21)15-18-8-4-2-5-9-18/h2-15H,16H2,1H3/q+2/b23-15-. The number of azo groups is 2. The van der Waals surface area contributed by atoms with Gasteiger partial charge in [-0.15, -0.1) is 4.58 Å². The molecule has 1 aliphatic heterocycles. The maximum Gasteiger partial charge on any atom is 0.368 e. The lowest BCUT2D eigenvalue weighted by Crippen LogP contribution is -2.22. The Balaban J connectivity index is 1.85. The van der Waals surface area contributed by atoms with E-state index in [2.05, 4.69) is 72.3 Å². The zero-order valence-corrected chi connectivity index (χ0v) is 13.6. The van der Waals surface area contributed by atoms with Crippen LogP contribution in [0.1, 0.15) is 11.1 Å². The maximum atomic E-state index is 4.84. The van der Waals surface area contributed by atoms with Gasteiger partial charge in [-0.1, -0.05) is 42.5 Å². The van der Waals surface area contributed by atoms with E-state index in [4.69, 9.17) is 5.11 Å². The number of rotatable bonds is 2. The SMILES string of the molecule is Cc1ccc2c(c1)N=[N+](c1ccccc1)C/[N+]2=C/c1ccccc1. The van der Waals surface area contributed by atoms with Gasteiger partial charge >= 0.3 is 6.67 Å². The van der Waals surface area contributed by atoms with Crippen molar-refractivity contribution in [2.24, 2.45) is 5.11 Å². The second-order valence-corrected chi connectivity index (χ2v) is 5.98. The predicted octanol–water partition coefficient (Wildman–Crippen LogP) is 5.16. The van der Waals surface area contributed by atoms with Crippen LogP contribution in [0, 0.1) is 6.92 Å². The highest BCUT2D eigenvalue weighted by atomic mass is 15.4. The van der Waals surface area contributed by atoms with Crippen LogP contribution in [-0.4, -0.2) is 22.2 Å². The minimum Gasteiger partial charge on any atom is -0.135 e. The highest BCUT2D eigenvalue weighted by Crippen LogP contribution is 2.33. The van der Waals surface area contributed by atoms with Gasteiger partial charge in [0.05, 0.1) is 0 Å². The predicted molar refractivity (Wildman–Crippen MR) is 96.0 cm³/mol. The van der Waals surface area contributed by atoms with Crippen molar-refractivity contribution in [1.29, 1.82) is 0 Å². The third-order valence-electron chi connectivity index (χ3n) is 4.11. The summed E-state index contributed by atoms with van der Waals surface area (Å²) in [6, 6.07) is 27.1. The Kier molecular flexibility index (Phi) is 3.75. The van der Waals surface area contributed by atoms with Crippen LogP contribution in [0.3, 0.4) is 0 Å². The molecule has 116 valence electrons. The zero-order chi connectivity index (χ0) is 16.4. The van der Waals surface area contributed by atoms with Crippen LogP contribution in [0.5, 0.6) is 0 Å². The fraction of sp³-hybridized carbons (Fsp3) is 0.0952. The largest absolute Gasteiger partial charge is 0.368 e. The van der Waals surface area contributed by atoms with Gasteiger partial charge in [0.1, 0.15) is 0 Å². The van der Waals surface area contributed by atoms with Gasteiger partial charge in [-0.2, -0.15) is 0 Å². The Labute approximate surface area is 141 Å². The Hall–Kier alpha value is -3.07. The molecule has 0 saturated carbocycles. The summed E-state index contributed by atoms with van der Waals surface area (Å²) in [6.45, 7) is 2.79. The van der Waals surface area contributed by atoms with Crippen LogP contribution in [0.2, 0.25) is 0 Å². The molecule has 1 heterocycles. The fourth-order valence-corrected chi connectivity index (χ4v) is 2.91. The lowest BCUT2D eigenvalue weighted by atomic mass is 10.1. The first-order chi connectivity index (χ1) is 11.8. The molecule has 0 saturated heterocycles. The summed E-state index contributed by atoms with van der Waals surface area (Å²) in [4.78, 5) is 0. The molecule has 3 aromatic carbocycles. The van der Waals surface area contributed by atoms with Crippen LogP contribution < -0.4 is 0 Å². The maximum absolute atomic E-state index is 4.84. The van der Waals surface area contributed by atoms with Gasteiger partial charge in [0, 0.05) is 28.9 Å². The van der Waals surface area contributed by atoms with Crippen LogP contribution in [0.15, 0.2) is 84.0 Å². The molecule has 3 aromatic rings. The molecule has 0 radical (unpaired) electrons. The highest BCUT2D eigenvalue weighted by Gasteiger charge is 2.30. The van der Waals surface area contributed by atoms with Crippen LogP contribution in [0.4, 0.5) is 17.1 Å². The van der Waals surface area contributed by atoms with Crippen molar-refractivity contribution < 1.29 is 9.27 Å². The Morgan fingerprint density at radius 3 is 2.33 bits per heavy atom. The van der Waals surface area contributed by atoms with Gasteiger partial charge in [0.15, 0.2) is 6.21 Å². The van der Waals surface area contributed by atoms with Crippen molar-refractivity contribution in [3.05, 3.63) is 90.0 Å². The monoisotopic (exact) mass is 313 g/mol. The van der Waals surface area contributed by atoms with Crippen LogP contribution in [0.25, 0.3) is 0 Å². The highest BCUT2D eigenvalue weighted by molar-refractivity contribution is 5.77. The van der Waals surface area contributed by atoms with Gasteiger partial charge in [-0.05, 0) is 35.4 Å². The first-order valence-electron chi connectivity index (χ1n) is 8.11. The molecule has 0 spiro atoms. The Bertz CT molecular complexity index is 926. The molecule has 3 heteroatoms. The molecule has 24 heavy (non-hydrogen) atoms. The van der Waals surface area contributed by atoms with Gasteiger partial charge in [0.2, 0.25) is 17.1 Å². The number of fused-ring (bicyclic) bond motifs is 1. The topological polar surface area (TPSA) is 18.4 Å². The number of aryl methyl sites for hydroxylation is 1. The lowest BCUT2D eigenvalue weighted by molar-refractivity contribution is -0.690. The van der Waals surface area contributed by atoms with Gasteiger partial charge in [-0.25, -0.2) is 0 Å². The minimum absolute atomic E-state index is 0.689. The van der Waals surface area contributed by atoms with E-state index in [1.807, 2.05) is 29.0 Å². The zero-order valence-electron chi connectivity index (χ0n) is 13.6.